The van der Waals surface area contributed by atoms with Crippen molar-refractivity contribution in [2.75, 3.05) is 26.3 Å². The van der Waals surface area contributed by atoms with E-state index in [2.05, 4.69) is 15.9 Å². The number of morpholine rings is 1. The number of furan rings is 1. The van der Waals surface area contributed by atoms with Crippen molar-refractivity contribution >= 4 is 31.9 Å². The number of carbonyl (C=O) groups excluding carboxylic acids is 1. The van der Waals surface area contributed by atoms with Gasteiger partial charge in [0.25, 0.3) is 0 Å². The third-order valence-corrected chi connectivity index (χ3v) is 5.97. The Hall–Kier alpha value is -1.68. The fourth-order valence-corrected chi connectivity index (χ4v) is 4.16. The Labute approximate surface area is 153 Å². The molecule has 25 heavy (non-hydrogen) atoms. The molecule has 2 aromatic rings. The molecule has 3 rings (SSSR count). The maximum Gasteiger partial charge on any atom is 0.374 e. The van der Waals surface area contributed by atoms with Gasteiger partial charge in [0.05, 0.1) is 18.1 Å². The minimum atomic E-state index is -3.58. The molecule has 1 aromatic heterocycles. The van der Waals surface area contributed by atoms with Crippen molar-refractivity contribution in [1.82, 2.24) is 4.31 Å². The monoisotopic (exact) mass is 429 g/mol. The number of hydrogen-bond acceptors (Lipinski definition) is 6. The Morgan fingerprint density at radius 1 is 1.20 bits per heavy atom. The van der Waals surface area contributed by atoms with Crippen LogP contribution >= 0.6 is 15.9 Å². The minimum Gasteiger partial charge on any atom is -0.455 e. The van der Waals surface area contributed by atoms with E-state index in [1.165, 1.54) is 22.5 Å². The number of sulfonamides is 1. The van der Waals surface area contributed by atoms with Crippen molar-refractivity contribution in [3.63, 3.8) is 0 Å². The zero-order chi connectivity index (χ0) is 17.9. The largest absolute Gasteiger partial charge is 0.455 e. The number of halogens is 1. The Balaban J connectivity index is 1.70. The van der Waals surface area contributed by atoms with Crippen LogP contribution in [0.4, 0.5) is 0 Å². The lowest BCUT2D eigenvalue weighted by Gasteiger charge is -2.26. The maximum absolute atomic E-state index is 12.6. The van der Waals surface area contributed by atoms with E-state index in [0.717, 1.165) is 0 Å². The first-order valence-corrected chi connectivity index (χ1v) is 9.79. The van der Waals surface area contributed by atoms with Gasteiger partial charge in [0.15, 0.2) is 4.67 Å². The lowest BCUT2D eigenvalue weighted by molar-refractivity contribution is 0.0434. The molecule has 1 aromatic carbocycles. The topological polar surface area (TPSA) is 86.1 Å². The van der Waals surface area contributed by atoms with Crippen LogP contribution in [0.25, 0.3) is 0 Å². The number of esters is 1. The van der Waals surface area contributed by atoms with Crippen molar-refractivity contribution in [3.05, 3.63) is 52.4 Å². The van der Waals surface area contributed by atoms with Gasteiger partial charge in [-0.2, -0.15) is 4.31 Å². The van der Waals surface area contributed by atoms with Crippen LogP contribution in [-0.4, -0.2) is 45.0 Å². The zero-order valence-electron chi connectivity index (χ0n) is 13.2. The van der Waals surface area contributed by atoms with Crippen molar-refractivity contribution in [1.29, 1.82) is 0 Å². The van der Waals surface area contributed by atoms with E-state index in [1.807, 2.05) is 0 Å². The highest BCUT2D eigenvalue weighted by Gasteiger charge is 2.26. The van der Waals surface area contributed by atoms with Gasteiger partial charge in [0, 0.05) is 13.1 Å². The summed E-state index contributed by atoms with van der Waals surface area (Å²) in [5.74, 6) is -0.545. The standard InChI is InChI=1S/C16H16BrNO6S/c17-15-5-4-14(24-15)16(19)23-11-12-2-1-3-13(10-12)25(20,21)18-6-8-22-9-7-18/h1-5,10H,6-9,11H2. The fraction of sp³-hybridized carbons (Fsp3) is 0.312. The van der Waals surface area contributed by atoms with Crippen molar-refractivity contribution in [2.45, 2.75) is 11.5 Å². The second-order valence-electron chi connectivity index (χ2n) is 5.34. The summed E-state index contributed by atoms with van der Waals surface area (Å²) in [5.41, 5.74) is 0.577. The van der Waals surface area contributed by atoms with Crippen LogP contribution in [0.15, 0.2) is 50.4 Å². The van der Waals surface area contributed by atoms with E-state index in [9.17, 15) is 13.2 Å². The molecule has 9 heteroatoms. The molecule has 134 valence electrons. The first-order valence-electron chi connectivity index (χ1n) is 7.56. The Bertz CT molecular complexity index is 857. The molecule has 7 nitrogen and oxygen atoms in total. The minimum absolute atomic E-state index is 0.0520. The van der Waals surface area contributed by atoms with Crippen LogP contribution in [-0.2, 0) is 26.1 Å². The van der Waals surface area contributed by atoms with Crippen LogP contribution in [0.2, 0.25) is 0 Å². The molecule has 1 aliphatic rings. The molecule has 0 bridgehead atoms. The van der Waals surface area contributed by atoms with Crippen LogP contribution < -0.4 is 0 Å². The van der Waals surface area contributed by atoms with Gasteiger partial charge in [0.1, 0.15) is 6.61 Å². The number of ether oxygens (including phenoxy) is 2. The van der Waals surface area contributed by atoms with E-state index in [-0.39, 0.29) is 17.3 Å². The molecule has 0 aliphatic carbocycles. The number of nitrogens with zero attached hydrogens (tertiary/aromatic N) is 1. The van der Waals surface area contributed by atoms with Crippen molar-refractivity contribution in [3.8, 4) is 0 Å². The third-order valence-electron chi connectivity index (χ3n) is 3.65. The van der Waals surface area contributed by atoms with Gasteiger partial charge < -0.3 is 13.9 Å². The highest BCUT2D eigenvalue weighted by atomic mass is 79.9. The molecule has 2 heterocycles. The van der Waals surface area contributed by atoms with Gasteiger partial charge in [-0.3, -0.25) is 0 Å². The average molecular weight is 430 g/mol. The van der Waals surface area contributed by atoms with Gasteiger partial charge in [-0.05, 0) is 45.8 Å². The van der Waals surface area contributed by atoms with Gasteiger partial charge >= 0.3 is 5.97 Å². The molecule has 0 atom stereocenters. The molecule has 0 amide bonds. The molecule has 1 saturated heterocycles. The number of rotatable bonds is 5. The highest BCUT2D eigenvalue weighted by molar-refractivity contribution is 9.10. The second kappa shape index (κ2) is 7.69. The number of benzene rings is 1. The molecule has 0 N–H and O–H groups in total. The smallest absolute Gasteiger partial charge is 0.374 e. The molecule has 0 unspecified atom stereocenters. The van der Waals surface area contributed by atoms with E-state index < -0.39 is 16.0 Å². The molecule has 0 spiro atoms. The molecule has 1 fully saturated rings. The normalized spacial score (nSPS) is 15.9. The van der Waals surface area contributed by atoms with Crippen LogP contribution in [0, 0.1) is 0 Å². The summed E-state index contributed by atoms with van der Waals surface area (Å²) >= 11 is 3.11. The summed E-state index contributed by atoms with van der Waals surface area (Å²) in [7, 11) is -3.58. The summed E-state index contributed by atoms with van der Waals surface area (Å²) < 4.78 is 42.6. The van der Waals surface area contributed by atoms with E-state index in [1.54, 1.807) is 18.2 Å². The summed E-state index contributed by atoms with van der Waals surface area (Å²) in [6, 6.07) is 9.44. The predicted molar refractivity (Wildman–Crippen MR) is 91.5 cm³/mol. The molecule has 0 saturated carbocycles. The Morgan fingerprint density at radius 3 is 2.64 bits per heavy atom. The number of hydrogen-bond donors (Lipinski definition) is 0. The Morgan fingerprint density at radius 2 is 1.96 bits per heavy atom. The van der Waals surface area contributed by atoms with Crippen LogP contribution in [0.5, 0.6) is 0 Å². The fourth-order valence-electron chi connectivity index (χ4n) is 2.38. The van der Waals surface area contributed by atoms with Gasteiger partial charge in [-0.25, -0.2) is 13.2 Å². The van der Waals surface area contributed by atoms with Crippen molar-refractivity contribution in [2.24, 2.45) is 0 Å². The molecular formula is C16H16BrNO6S. The summed E-state index contributed by atoms with van der Waals surface area (Å²) in [4.78, 5) is 12.1. The highest BCUT2D eigenvalue weighted by Crippen LogP contribution is 2.20. The van der Waals surface area contributed by atoms with Gasteiger partial charge in [-0.1, -0.05) is 12.1 Å². The van der Waals surface area contributed by atoms with Crippen molar-refractivity contribution < 1.29 is 27.1 Å². The zero-order valence-corrected chi connectivity index (χ0v) is 15.6. The van der Waals surface area contributed by atoms with Crippen LogP contribution in [0.3, 0.4) is 0 Å². The van der Waals surface area contributed by atoms with Crippen LogP contribution in [0.1, 0.15) is 16.1 Å². The summed E-state index contributed by atoms with van der Waals surface area (Å²) in [6.45, 7) is 1.37. The van der Waals surface area contributed by atoms with Gasteiger partial charge in [0.2, 0.25) is 15.8 Å². The van der Waals surface area contributed by atoms with E-state index in [0.29, 0.717) is 36.5 Å². The third kappa shape index (κ3) is 4.30. The van der Waals surface area contributed by atoms with Gasteiger partial charge in [-0.15, -0.1) is 0 Å². The first-order chi connectivity index (χ1) is 12.0. The molecule has 0 radical (unpaired) electrons. The second-order valence-corrected chi connectivity index (χ2v) is 8.06. The van der Waals surface area contributed by atoms with E-state index in [4.69, 9.17) is 13.9 Å². The average Bonchev–Trinajstić information content (AvgIpc) is 3.07. The quantitative estimate of drug-likeness (QED) is 0.678. The molecule has 1 aliphatic heterocycles. The molecular weight excluding hydrogens is 414 g/mol. The Kier molecular flexibility index (Phi) is 5.57. The maximum atomic E-state index is 12.6. The first kappa shape index (κ1) is 18.1. The predicted octanol–water partition coefficient (Wildman–Crippen LogP) is 2.42. The number of carbonyl (C=O) groups is 1. The lowest BCUT2D eigenvalue weighted by atomic mass is 10.2. The van der Waals surface area contributed by atoms with E-state index >= 15 is 0 Å². The summed E-state index contributed by atoms with van der Waals surface area (Å²) in [6.07, 6.45) is 0. The lowest BCUT2D eigenvalue weighted by Crippen LogP contribution is -2.40. The SMILES string of the molecule is O=C(OCc1cccc(S(=O)(=O)N2CCOCC2)c1)c1ccc(Br)o1. The summed E-state index contributed by atoms with van der Waals surface area (Å²) in [5, 5.41) is 0.